The van der Waals surface area contributed by atoms with Crippen LogP contribution in [0.2, 0.25) is 0 Å². The highest BCUT2D eigenvalue weighted by Crippen LogP contribution is 2.29. The highest BCUT2D eigenvalue weighted by molar-refractivity contribution is 5.93. The van der Waals surface area contributed by atoms with E-state index in [1.807, 2.05) is 0 Å². The van der Waals surface area contributed by atoms with Crippen LogP contribution in [0.15, 0.2) is 36.4 Å². The lowest BCUT2D eigenvalue weighted by Crippen LogP contribution is -2.01. The lowest BCUT2D eigenvalue weighted by molar-refractivity contribution is 0.0686. The minimum atomic E-state index is -1.04. The predicted molar refractivity (Wildman–Crippen MR) is 174 cm³/mol. The van der Waals surface area contributed by atoms with E-state index >= 15 is 0 Å². The van der Waals surface area contributed by atoms with Crippen molar-refractivity contribution in [1.29, 1.82) is 0 Å². The molecule has 226 valence electrons. The summed E-state index contributed by atoms with van der Waals surface area (Å²) in [5.41, 5.74) is 2.87. The minimum Gasteiger partial charge on any atom is -0.478 e. The molecule has 0 saturated heterocycles. The van der Waals surface area contributed by atoms with E-state index in [2.05, 4.69) is 37.5 Å². The molecule has 0 aliphatic rings. The fraction of sp³-hybridized carbons (Fsp3) is 0.526. The first-order valence-electron chi connectivity index (χ1n) is 16.2. The number of hydrogen-bond donors (Lipinski definition) is 2. The summed E-state index contributed by atoms with van der Waals surface area (Å²) < 4.78 is 0. The maximum atomic E-state index is 11.8. The fourth-order valence-electron chi connectivity index (χ4n) is 5.03. The van der Waals surface area contributed by atoms with Crippen LogP contribution in [0.4, 0.5) is 0 Å². The molecular weight excluding hydrogens is 520 g/mol. The molecule has 0 heterocycles. The van der Waals surface area contributed by atoms with Gasteiger partial charge in [-0.3, -0.25) is 0 Å². The van der Waals surface area contributed by atoms with Crippen LogP contribution in [0.1, 0.15) is 161 Å². The van der Waals surface area contributed by atoms with Crippen molar-refractivity contribution in [2.45, 2.75) is 129 Å². The van der Waals surface area contributed by atoms with E-state index in [0.717, 1.165) is 38.5 Å². The number of unbranched alkanes of at least 4 members (excludes halogenated alkanes) is 16. The Bertz CT molecular complexity index is 1140. The Hall–Kier alpha value is -3.50. The van der Waals surface area contributed by atoms with E-state index in [1.165, 1.54) is 77.0 Å². The van der Waals surface area contributed by atoms with Gasteiger partial charge in [-0.2, -0.15) is 0 Å². The van der Waals surface area contributed by atoms with Crippen LogP contribution < -0.4 is 0 Å². The molecule has 0 saturated carbocycles. The summed E-state index contributed by atoms with van der Waals surface area (Å²) in [5, 5.41) is 19.3. The first kappa shape index (κ1) is 34.7. The van der Waals surface area contributed by atoms with Crippen molar-refractivity contribution in [2.24, 2.45) is 0 Å². The molecule has 2 N–H and O–H groups in total. The van der Waals surface area contributed by atoms with Crippen LogP contribution in [0.25, 0.3) is 11.1 Å². The lowest BCUT2D eigenvalue weighted by atomic mass is 9.92. The third-order valence-electron chi connectivity index (χ3n) is 7.58. The van der Waals surface area contributed by atoms with Crippen LogP contribution in [0.3, 0.4) is 0 Å². The normalized spacial score (nSPS) is 10.4. The van der Waals surface area contributed by atoms with E-state index < -0.39 is 11.9 Å². The van der Waals surface area contributed by atoms with E-state index in [4.69, 9.17) is 0 Å². The van der Waals surface area contributed by atoms with Crippen LogP contribution >= 0.6 is 0 Å². The van der Waals surface area contributed by atoms with Gasteiger partial charge in [0.05, 0.1) is 11.1 Å². The van der Waals surface area contributed by atoms with E-state index in [9.17, 15) is 19.8 Å². The van der Waals surface area contributed by atoms with Crippen LogP contribution in [-0.4, -0.2) is 22.2 Å². The summed E-state index contributed by atoms with van der Waals surface area (Å²) in [6.45, 7) is 4.46. The average molecular weight is 571 g/mol. The van der Waals surface area contributed by atoms with Gasteiger partial charge < -0.3 is 10.2 Å². The Morgan fingerprint density at radius 1 is 0.524 bits per heavy atom. The molecule has 0 bridgehead atoms. The number of hydrogen-bond acceptors (Lipinski definition) is 2. The molecule has 0 aromatic heterocycles. The SMILES string of the molecule is CCCCCCCCCCC#Cc1ccc(C(=O)O)cc1-c1cc(C(=O)O)ccc1C#CCCCCCCCCCC. The molecule has 0 aliphatic heterocycles. The van der Waals surface area contributed by atoms with Gasteiger partial charge in [-0.05, 0) is 60.4 Å². The predicted octanol–water partition coefficient (Wildman–Crippen LogP) is 10.5. The lowest BCUT2D eigenvalue weighted by Gasteiger charge is -2.11. The first-order chi connectivity index (χ1) is 20.5. The van der Waals surface area contributed by atoms with Crippen molar-refractivity contribution in [3.05, 3.63) is 58.7 Å². The second-order valence-electron chi connectivity index (χ2n) is 11.2. The zero-order valence-corrected chi connectivity index (χ0v) is 25.9. The van der Waals surface area contributed by atoms with E-state index in [-0.39, 0.29) is 11.1 Å². The Kier molecular flexibility index (Phi) is 17.5. The van der Waals surface area contributed by atoms with Gasteiger partial charge in [-0.1, -0.05) is 127 Å². The Morgan fingerprint density at radius 3 is 1.19 bits per heavy atom. The standard InChI is InChI=1S/C38H50O4/c1-3-5-7-9-11-13-15-17-19-21-23-31-25-27-33(37(39)40)29-35(31)36-30-34(38(41)42)28-26-32(36)24-22-20-18-16-14-12-10-8-6-4-2/h25-30H,3-20H2,1-2H3,(H,39,40)(H,41,42). The van der Waals surface area contributed by atoms with Crippen molar-refractivity contribution in [2.75, 3.05) is 0 Å². The molecule has 0 aliphatic carbocycles. The molecule has 4 nitrogen and oxygen atoms in total. The Labute approximate surface area is 254 Å². The minimum absolute atomic E-state index is 0.136. The molecule has 2 aromatic carbocycles. The first-order valence-corrected chi connectivity index (χ1v) is 16.2. The zero-order chi connectivity index (χ0) is 30.4. The summed E-state index contributed by atoms with van der Waals surface area (Å²) in [5.74, 6) is 10.9. The van der Waals surface area contributed by atoms with Gasteiger partial charge in [0.15, 0.2) is 0 Å². The fourth-order valence-corrected chi connectivity index (χ4v) is 5.03. The summed E-state index contributed by atoms with van der Waals surface area (Å²) in [6, 6.07) is 9.75. The van der Waals surface area contributed by atoms with Crippen molar-refractivity contribution in [1.82, 2.24) is 0 Å². The second-order valence-corrected chi connectivity index (χ2v) is 11.2. The number of rotatable bonds is 19. The number of carboxylic acid groups (broad SMARTS) is 2. The Balaban J connectivity index is 2.17. The summed E-state index contributed by atoms with van der Waals surface area (Å²) in [6.07, 6.45) is 21.3. The molecule has 0 fully saturated rings. The summed E-state index contributed by atoms with van der Waals surface area (Å²) in [4.78, 5) is 23.6. The Morgan fingerprint density at radius 2 is 0.857 bits per heavy atom. The molecule has 2 rings (SSSR count). The van der Waals surface area contributed by atoms with Gasteiger partial charge in [0.1, 0.15) is 0 Å². The van der Waals surface area contributed by atoms with Gasteiger partial charge >= 0.3 is 11.9 Å². The average Bonchev–Trinajstić information content (AvgIpc) is 2.99. The number of carbonyl (C=O) groups is 2. The van der Waals surface area contributed by atoms with E-state index in [0.29, 0.717) is 22.3 Å². The van der Waals surface area contributed by atoms with Gasteiger partial charge in [0.25, 0.3) is 0 Å². The highest BCUT2D eigenvalue weighted by Gasteiger charge is 2.15. The largest absolute Gasteiger partial charge is 0.478 e. The third-order valence-corrected chi connectivity index (χ3v) is 7.58. The quantitative estimate of drug-likeness (QED) is 0.130. The molecule has 0 spiro atoms. The van der Waals surface area contributed by atoms with E-state index in [1.54, 1.807) is 36.4 Å². The van der Waals surface area contributed by atoms with Gasteiger partial charge in [-0.15, -0.1) is 0 Å². The molecule has 2 aromatic rings. The molecule has 0 amide bonds. The molecule has 42 heavy (non-hydrogen) atoms. The maximum absolute atomic E-state index is 11.8. The summed E-state index contributed by atoms with van der Waals surface area (Å²) in [7, 11) is 0. The van der Waals surface area contributed by atoms with Crippen LogP contribution in [0, 0.1) is 23.7 Å². The van der Waals surface area contributed by atoms with Crippen molar-refractivity contribution in [3.63, 3.8) is 0 Å². The monoisotopic (exact) mass is 570 g/mol. The van der Waals surface area contributed by atoms with Gasteiger partial charge in [-0.25, -0.2) is 9.59 Å². The smallest absolute Gasteiger partial charge is 0.335 e. The van der Waals surface area contributed by atoms with Crippen molar-refractivity contribution < 1.29 is 19.8 Å². The van der Waals surface area contributed by atoms with Crippen LogP contribution in [-0.2, 0) is 0 Å². The van der Waals surface area contributed by atoms with Gasteiger partial charge in [0, 0.05) is 24.0 Å². The molecule has 4 heteroatoms. The summed E-state index contributed by atoms with van der Waals surface area (Å²) >= 11 is 0. The maximum Gasteiger partial charge on any atom is 0.335 e. The zero-order valence-electron chi connectivity index (χ0n) is 25.9. The van der Waals surface area contributed by atoms with Crippen molar-refractivity contribution >= 4 is 11.9 Å². The molecular formula is C38H50O4. The second kappa shape index (κ2) is 21.2. The third kappa shape index (κ3) is 13.4. The van der Waals surface area contributed by atoms with Crippen LogP contribution in [0.5, 0.6) is 0 Å². The number of carboxylic acids is 2. The number of benzene rings is 2. The molecule has 0 atom stereocenters. The number of aromatic carboxylic acids is 2. The van der Waals surface area contributed by atoms with Crippen molar-refractivity contribution in [3.8, 4) is 34.8 Å². The highest BCUT2D eigenvalue weighted by atomic mass is 16.4. The van der Waals surface area contributed by atoms with Gasteiger partial charge in [0.2, 0.25) is 0 Å². The topological polar surface area (TPSA) is 74.6 Å². The molecule has 0 unspecified atom stereocenters. The molecule has 0 radical (unpaired) electrons.